The number of carbonyl (C=O) groups excluding carboxylic acids is 2. The van der Waals surface area contributed by atoms with Crippen molar-refractivity contribution in [2.45, 2.75) is 19.5 Å². The second kappa shape index (κ2) is 8.29. The quantitative estimate of drug-likeness (QED) is 0.512. The Kier molecular flexibility index (Phi) is 5.51. The van der Waals surface area contributed by atoms with Gasteiger partial charge in [-0.25, -0.2) is 19.2 Å². The third-order valence-corrected chi connectivity index (χ3v) is 4.60. The van der Waals surface area contributed by atoms with Crippen LogP contribution >= 0.6 is 0 Å². The number of urea groups is 1. The fourth-order valence-electron chi connectivity index (χ4n) is 3.10. The standard InChI is InChI=1S/C20H23FN8O3/c1-20(2,21)11-24-15-8-12(4-5-22-15)18-26-14(10-32-18)17(30)25-13-9-28(3)27-16(13)29-7-6-23-19(29)31/h4-5,8-10H,6-7,11H2,1-3H3,(H,22,24)(H,23,31)(H,25,30). The largest absolute Gasteiger partial charge is 0.444 e. The molecule has 1 aliphatic heterocycles. The van der Waals surface area contributed by atoms with Crippen molar-refractivity contribution in [3.05, 3.63) is 36.5 Å². The number of aryl methyl sites for hydroxylation is 1. The second-order valence-electron chi connectivity index (χ2n) is 7.92. The maximum atomic E-state index is 13.7. The normalized spacial score (nSPS) is 13.9. The summed E-state index contributed by atoms with van der Waals surface area (Å²) in [6.45, 7) is 3.97. The third kappa shape index (κ3) is 4.68. The smallest absolute Gasteiger partial charge is 0.323 e. The summed E-state index contributed by atoms with van der Waals surface area (Å²) in [7, 11) is 1.69. The molecule has 11 nitrogen and oxygen atoms in total. The average molecular weight is 442 g/mol. The molecule has 3 amide bonds. The number of oxazole rings is 1. The Labute approximate surface area is 183 Å². The van der Waals surface area contributed by atoms with E-state index in [1.54, 1.807) is 25.4 Å². The van der Waals surface area contributed by atoms with Crippen LogP contribution < -0.4 is 20.9 Å². The number of hydrogen-bond donors (Lipinski definition) is 3. The maximum Gasteiger partial charge on any atom is 0.323 e. The lowest BCUT2D eigenvalue weighted by Crippen LogP contribution is -2.29. The number of carbonyl (C=O) groups is 2. The summed E-state index contributed by atoms with van der Waals surface area (Å²) in [6, 6.07) is 3.05. The van der Waals surface area contributed by atoms with Crippen LogP contribution in [0.25, 0.3) is 11.5 Å². The van der Waals surface area contributed by atoms with Crippen LogP contribution in [0.2, 0.25) is 0 Å². The van der Waals surface area contributed by atoms with Gasteiger partial charge in [-0.2, -0.15) is 5.10 Å². The molecule has 1 aliphatic rings. The molecule has 0 unspecified atom stereocenters. The van der Waals surface area contributed by atoms with Crippen molar-refractivity contribution in [1.29, 1.82) is 0 Å². The number of nitrogens with zero attached hydrogens (tertiary/aromatic N) is 5. The Hall–Kier alpha value is -3.96. The number of pyridine rings is 1. The van der Waals surface area contributed by atoms with E-state index in [2.05, 4.69) is 31.0 Å². The lowest BCUT2D eigenvalue weighted by atomic mass is 10.2. The number of rotatable bonds is 7. The van der Waals surface area contributed by atoms with Crippen molar-refractivity contribution in [1.82, 2.24) is 25.1 Å². The van der Waals surface area contributed by atoms with Gasteiger partial charge in [0.2, 0.25) is 5.89 Å². The number of anilines is 3. The van der Waals surface area contributed by atoms with E-state index < -0.39 is 11.6 Å². The highest BCUT2D eigenvalue weighted by molar-refractivity contribution is 6.06. The molecule has 0 radical (unpaired) electrons. The topological polar surface area (TPSA) is 130 Å². The zero-order valence-corrected chi connectivity index (χ0v) is 17.8. The van der Waals surface area contributed by atoms with Gasteiger partial charge in [-0.15, -0.1) is 0 Å². The van der Waals surface area contributed by atoms with Gasteiger partial charge in [0.15, 0.2) is 11.5 Å². The van der Waals surface area contributed by atoms with E-state index in [-0.39, 0.29) is 24.2 Å². The molecule has 4 rings (SSSR count). The summed E-state index contributed by atoms with van der Waals surface area (Å²) in [5, 5.41) is 12.6. The lowest BCUT2D eigenvalue weighted by molar-refractivity contribution is 0.102. The summed E-state index contributed by atoms with van der Waals surface area (Å²) >= 11 is 0. The maximum absolute atomic E-state index is 13.7. The zero-order chi connectivity index (χ0) is 22.9. The first-order valence-corrected chi connectivity index (χ1v) is 9.95. The van der Waals surface area contributed by atoms with Crippen LogP contribution in [0.5, 0.6) is 0 Å². The van der Waals surface area contributed by atoms with Crippen LogP contribution in [0.15, 0.2) is 35.2 Å². The Morgan fingerprint density at radius 2 is 2.22 bits per heavy atom. The molecule has 0 aromatic carbocycles. The van der Waals surface area contributed by atoms with E-state index in [1.165, 1.54) is 35.9 Å². The van der Waals surface area contributed by atoms with Gasteiger partial charge in [-0.3, -0.25) is 14.4 Å². The van der Waals surface area contributed by atoms with E-state index in [0.29, 0.717) is 36.0 Å². The molecule has 0 aliphatic carbocycles. The molecule has 1 fully saturated rings. The summed E-state index contributed by atoms with van der Waals surface area (Å²) in [5.41, 5.74) is -0.388. The molecule has 168 valence electrons. The molecule has 12 heteroatoms. The van der Waals surface area contributed by atoms with E-state index in [4.69, 9.17) is 4.42 Å². The first-order chi connectivity index (χ1) is 15.2. The van der Waals surface area contributed by atoms with Gasteiger partial charge in [-0.1, -0.05) is 0 Å². The summed E-state index contributed by atoms with van der Waals surface area (Å²) in [5.74, 6) is 0.507. The summed E-state index contributed by atoms with van der Waals surface area (Å²) < 4.78 is 20.7. The highest BCUT2D eigenvalue weighted by Crippen LogP contribution is 2.26. The van der Waals surface area contributed by atoms with E-state index in [9.17, 15) is 14.0 Å². The Morgan fingerprint density at radius 1 is 1.41 bits per heavy atom. The minimum atomic E-state index is -1.40. The van der Waals surface area contributed by atoms with Crippen molar-refractivity contribution in [2.75, 3.05) is 35.2 Å². The van der Waals surface area contributed by atoms with Crippen molar-refractivity contribution < 1.29 is 18.4 Å². The molecule has 32 heavy (non-hydrogen) atoms. The average Bonchev–Trinajstić information content (AvgIpc) is 3.46. The minimum Gasteiger partial charge on any atom is -0.444 e. The first-order valence-electron chi connectivity index (χ1n) is 9.95. The Balaban J connectivity index is 1.49. The zero-order valence-electron chi connectivity index (χ0n) is 17.8. The van der Waals surface area contributed by atoms with Crippen LogP contribution in [0.3, 0.4) is 0 Å². The second-order valence-corrected chi connectivity index (χ2v) is 7.92. The van der Waals surface area contributed by atoms with Gasteiger partial charge in [0.05, 0.1) is 6.20 Å². The fraction of sp³-hybridized carbons (Fsp3) is 0.350. The minimum absolute atomic E-state index is 0.0527. The highest BCUT2D eigenvalue weighted by Gasteiger charge is 2.27. The molecular formula is C20H23FN8O3. The van der Waals surface area contributed by atoms with Gasteiger partial charge >= 0.3 is 6.03 Å². The predicted molar refractivity (Wildman–Crippen MR) is 115 cm³/mol. The van der Waals surface area contributed by atoms with Gasteiger partial charge in [0.1, 0.15) is 23.4 Å². The summed E-state index contributed by atoms with van der Waals surface area (Å²) in [4.78, 5) is 34.6. The first kappa shape index (κ1) is 21.3. The molecule has 3 N–H and O–H groups in total. The van der Waals surface area contributed by atoms with E-state index in [1.807, 2.05) is 0 Å². The molecule has 3 aromatic rings. The van der Waals surface area contributed by atoms with Gasteiger partial charge in [0, 0.05) is 38.4 Å². The number of nitrogens with one attached hydrogen (secondary N) is 3. The summed E-state index contributed by atoms with van der Waals surface area (Å²) in [6.07, 6.45) is 4.38. The fourth-order valence-corrected chi connectivity index (χ4v) is 3.10. The van der Waals surface area contributed by atoms with Crippen LogP contribution in [0.1, 0.15) is 24.3 Å². The highest BCUT2D eigenvalue weighted by atomic mass is 19.1. The van der Waals surface area contributed by atoms with Crippen LogP contribution in [-0.2, 0) is 7.05 Å². The van der Waals surface area contributed by atoms with Crippen molar-refractivity contribution in [3.8, 4) is 11.5 Å². The van der Waals surface area contributed by atoms with Crippen LogP contribution in [0, 0.1) is 0 Å². The van der Waals surface area contributed by atoms with Gasteiger partial charge in [-0.05, 0) is 26.0 Å². The third-order valence-electron chi connectivity index (χ3n) is 4.60. The molecule has 0 saturated carbocycles. The number of amides is 3. The van der Waals surface area contributed by atoms with Gasteiger partial charge in [0.25, 0.3) is 5.91 Å². The van der Waals surface area contributed by atoms with Crippen LogP contribution in [-0.4, -0.2) is 57.0 Å². The van der Waals surface area contributed by atoms with Crippen molar-refractivity contribution >= 4 is 29.3 Å². The molecular weight excluding hydrogens is 419 g/mol. The Bertz CT molecular complexity index is 1150. The molecule has 0 atom stereocenters. The number of alkyl halides is 1. The number of halogens is 1. The Morgan fingerprint density at radius 3 is 2.94 bits per heavy atom. The predicted octanol–water partition coefficient (Wildman–Crippen LogP) is 2.41. The van der Waals surface area contributed by atoms with Crippen molar-refractivity contribution in [2.24, 2.45) is 7.05 Å². The van der Waals surface area contributed by atoms with Crippen LogP contribution in [0.4, 0.5) is 26.5 Å². The van der Waals surface area contributed by atoms with E-state index >= 15 is 0 Å². The molecule has 0 bridgehead atoms. The monoisotopic (exact) mass is 442 g/mol. The SMILES string of the molecule is Cn1cc(NC(=O)c2coc(-c3ccnc(NCC(C)(C)F)c3)n2)c(N2CCNC2=O)n1. The van der Waals surface area contributed by atoms with E-state index in [0.717, 1.165) is 0 Å². The molecule has 0 spiro atoms. The lowest BCUT2D eigenvalue weighted by Gasteiger charge is -2.15. The van der Waals surface area contributed by atoms with Gasteiger partial charge < -0.3 is 20.4 Å². The molecule has 3 aromatic heterocycles. The number of hydrogen-bond acceptors (Lipinski definition) is 7. The molecule has 4 heterocycles. The molecule has 1 saturated heterocycles. The van der Waals surface area contributed by atoms with Crippen molar-refractivity contribution in [3.63, 3.8) is 0 Å². The number of aromatic nitrogens is 4.